The summed E-state index contributed by atoms with van der Waals surface area (Å²) in [6.45, 7) is 2.56. The van der Waals surface area contributed by atoms with Gasteiger partial charge in [0.2, 0.25) is 0 Å². The second-order valence-electron chi connectivity index (χ2n) is 12.5. The molecule has 4 aromatic carbocycles. The summed E-state index contributed by atoms with van der Waals surface area (Å²) in [6.07, 6.45) is 2.73. The summed E-state index contributed by atoms with van der Waals surface area (Å²) in [5.41, 5.74) is 8.18. The third kappa shape index (κ3) is 9.84. The van der Waals surface area contributed by atoms with E-state index in [9.17, 15) is 9.90 Å². The lowest BCUT2D eigenvalue weighted by Crippen LogP contribution is -2.38. The molecule has 1 saturated heterocycles. The van der Waals surface area contributed by atoms with Gasteiger partial charge in [-0.25, -0.2) is 4.79 Å². The number of urea groups is 1. The molecule has 1 aliphatic heterocycles. The van der Waals surface area contributed by atoms with Gasteiger partial charge in [0.1, 0.15) is 0 Å². The Hall–Kier alpha value is -4.86. The van der Waals surface area contributed by atoms with Crippen LogP contribution in [-0.4, -0.2) is 47.3 Å². The summed E-state index contributed by atoms with van der Waals surface area (Å²) < 4.78 is 13.2. The summed E-state index contributed by atoms with van der Waals surface area (Å²) in [7, 11) is 2.12. The monoisotopic (exact) mass is 656 g/mol. The van der Waals surface area contributed by atoms with Crippen molar-refractivity contribution >= 4 is 6.03 Å². The maximum absolute atomic E-state index is 12.4. The van der Waals surface area contributed by atoms with Crippen LogP contribution in [0, 0.1) is 0 Å². The van der Waals surface area contributed by atoms with Gasteiger partial charge >= 0.3 is 6.03 Å². The standard InChI is InChI=1S/C41H44N4O4/c1-45(23-21-37-12-5-6-22-42-37)28-38-25-39(34-15-13-31(29-46)14-16-34)49-40(48-38)35-19-17-33(18-20-35)36-11-7-10-32(24-36)27-44-41(47)43-26-30-8-3-2-4-9-30/h2-20,22,24,38-40,46H,21,23,25-29H2,1H3,(H2,43,44,47)/t38-,39+,40+/m0/s1. The van der Waals surface area contributed by atoms with Crippen molar-refractivity contribution in [1.29, 1.82) is 0 Å². The Balaban J connectivity index is 1.10. The lowest BCUT2D eigenvalue weighted by atomic mass is 9.99. The largest absolute Gasteiger partial charge is 0.392 e. The number of nitrogens with one attached hydrogen (secondary N) is 2. The number of hydrogen-bond acceptors (Lipinski definition) is 6. The number of aliphatic hydroxyl groups is 1. The molecule has 5 aromatic rings. The van der Waals surface area contributed by atoms with E-state index < -0.39 is 6.29 Å². The molecular weight excluding hydrogens is 612 g/mol. The summed E-state index contributed by atoms with van der Waals surface area (Å²) in [6, 6.07) is 40.2. The number of carbonyl (C=O) groups excluding carboxylic acids is 1. The van der Waals surface area contributed by atoms with Gasteiger partial charge in [0.25, 0.3) is 0 Å². The molecule has 2 heterocycles. The van der Waals surface area contributed by atoms with Crippen molar-refractivity contribution in [1.82, 2.24) is 20.5 Å². The van der Waals surface area contributed by atoms with Gasteiger partial charge in [-0.3, -0.25) is 4.98 Å². The van der Waals surface area contributed by atoms with Crippen molar-refractivity contribution < 1.29 is 19.4 Å². The van der Waals surface area contributed by atoms with Crippen LogP contribution in [0.5, 0.6) is 0 Å². The third-order valence-electron chi connectivity index (χ3n) is 8.80. The molecule has 3 atom stereocenters. The number of benzene rings is 4. The number of likely N-dealkylation sites (N-methyl/N-ethyl adjacent to an activating group) is 1. The molecule has 49 heavy (non-hydrogen) atoms. The molecule has 1 fully saturated rings. The average molecular weight is 657 g/mol. The van der Waals surface area contributed by atoms with Crippen LogP contribution in [-0.2, 0) is 35.6 Å². The maximum Gasteiger partial charge on any atom is 0.315 e. The van der Waals surface area contributed by atoms with E-state index in [4.69, 9.17) is 9.47 Å². The van der Waals surface area contributed by atoms with Gasteiger partial charge in [0.05, 0.1) is 18.8 Å². The Bertz CT molecular complexity index is 1750. The molecule has 1 aliphatic rings. The van der Waals surface area contributed by atoms with E-state index in [0.717, 1.165) is 70.6 Å². The minimum Gasteiger partial charge on any atom is -0.392 e. The van der Waals surface area contributed by atoms with E-state index in [-0.39, 0.29) is 24.8 Å². The first-order chi connectivity index (χ1) is 24.0. The first-order valence-corrected chi connectivity index (χ1v) is 16.9. The van der Waals surface area contributed by atoms with E-state index >= 15 is 0 Å². The molecule has 0 unspecified atom stereocenters. The molecule has 3 N–H and O–H groups in total. The van der Waals surface area contributed by atoms with E-state index in [2.05, 4.69) is 70.0 Å². The number of amides is 2. The number of pyridine rings is 1. The highest BCUT2D eigenvalue weighted by atomic mass is 16.7. The molecule has 0 saturated carbocycles. The third-order valence-corrected chi connectivity index (χ3v) is 8.80. The number of carbonyl (C=O) groups is 1. The van der Waals surface area contributed by atoms with E-state index in [0.29, 0.717) is 13.1 Å². The van der Waals surface area contributed by atoms with Crippen LogP contribution in [0.1, 0.15) is 52.3 Å². The number of aliphatic hydroxyl groups excluding tert-OH is 1. The number of nitrogens with zero attached hydrogens (tertiary/aromatic N) is 2. The topological polar surface area (TPSA) is 96.0 Å². The number of rotatable bonds is 13. The minimum atomic E-state index is -0.524. The molecule has 8 heteroatoms. The summed E-state index contributed by atoms with van der Waals surface area (Å²) in [5, 5.41) is 15.4. The van der Waals surface area contributed by atoms with Crippen LogP contribution in [0.3, 0.4) is 0 Å². The fourth-order valence-electron chi connectivity index (χ4n) is 6.04. The molecule has 1 aromatic heterocycles. The SMILES string of the molecule is CN(CCc1ccccn1)C[C@@H]1C[C@H](c2ccc(CO)cc2)O[C@H](c2ccc(-c3cccc(CNC(=O)NCc4ccccc4)c3)cc2)O1. The van der Waals surface area contributed by atoms with Gasteiger partial charge in [-0.15, -0.1) is 0 Å². The Morgan fingerprint density at radius 1 is 0.776 bits per heavy atom. The highest BCUT2D eigenvalue weighted by molar-refractivity contribution is 5.74. The fraction of sp³-hybridized carbons (Fsp3) is 0.268. The molecule has 2 amide bonds. The zero-order valence-electron chi connectivity index (χ0n) is 27.9. The molecule has 0 bridgehead atoms. The van der Waals surface area contributed by atoms with Crippen LogP contribution in [0.15, 0.2) is 128 Å². The van der Waals surface area contributed by atoms with Gasteiger partial charge in [0, 0.05) is 56.5 Å². The van der Waals surface area contributed by atoms with Crippen LogP contribution >= 0.6 is 0 Å². The fourth-order valence-corrected chi connectivity index (χ4v) is 6.04. The second kappa shape index (κ2) is 17.0. The van der Waals surface area contributed by atoms with Gasteiger partial charge in [-0.2, -0.15) is 0 Å². The summed E-state index contributed by atoms with van der Waals surface area (Å²) >= 11 is 0. The van der Waals surface area contributed by atoms with Crippen molar-refractivity contribution in [2.75, 3.05) is 20.1 Å². The number of hydrogen-bond donors (Lipinski definition) is 3. The molecule has 8 nitrogen and oxygen atoms in total. The predicted molar refractivity (Wildman–Crippen MR) is 191 cm³/mol. The van der Waals surface area contributed by atoms with Crippen molar-refractivity contribution in [2.24, 2.45) is 0 Å². The van der Waals surface area contributed by atoms with E-state index in [1.807, 2.05) is 85.1 Å². The van der Waals surface area contributed by atoms with Crippen molar-refractivity contribution in [3.8, 4) is 11.1 Å². The molecular formula is C41H44N4O4. The highest BCUT2D eigenvalue weighted by Gasteiger charge is 2.32. The molecule has 0 aliphatic carbocycles. The van der Waals surface area contributed by atoms with Crippen LogP contribution in [0.2, 0.25) is 0 Å². The molecule has 252 valence electrons. The van der Waals surface area contributed by atoms with E-state index in [1.165, 1.54) is 0 Å². The summed E-state index contributed by atoms with van der Waals surface area (Å²) in [4.78, 5) is 19.2. The minimum absolute atomic E-state index is 0.0110. The van der Waals surface area contributed by atoms with Crippen molar-refractivity contribution in [2.45, 2.75) is 51.0 Å². The Morgan fingerprint density at radius 3 is 2.22 bits per heavy atom. The molecule has 6 rings (SSSR count). The number of aromatic nitrogens is 1. The predicted octanol–water partition coefficient (Wildman–Crippen LogP) is 6.96. The zero-order chi connectivity index (χ0) is 33.8. The van der Waals surface area contributed by atoms with Crippen LogP contribution in [0.4, 0.5) is 4.79 Å². The first-order valence-electron chi connectivity index (χ1n) is 16.9. The molecule has 0 spiro atoms. The number of ether oxygens (including phenoxy) is 2. The average Bonchev–Trinajstić information content (AvgIpc) is 3.16. The molecule has 0 radical (unpaired) electrons. The Morgan fingerprint density at radius 2 is 1.49 bits per heavy atom. The van der Waals surface area contributed by atoms with Gasteiger partial charge < -0.3 is 30.1 Å². The van der Waals surface area contributed by atoms with Crippen molar-refractivity contribution in [3.05, 3.63) is 161 Å². The highest BCUT2D eigenvalue weighted by Crippen LogP contribution is 2.38. The van der Waals surface area contributed by atoms with Crippen molar-refractivity contribution in [3.63, 3.8) is 0 Å². The van der Waals surface area contributed by atoms with Gasteiger partial charge in [0.15, 0.2) is 6.29 Å². The van der Waals surface area contributed by atoms with Crippen LogP contribution < -0.4 is 10.6 Å². The lowest BCUT2D eigenvalue weighted by Gasteiger charge is -2.38. The zero-order valence-corrected chi connectivity index (χ0v) is 27.9. The summed E-state index contributed by atoms with van der Waals surface area (Å²) in [5.74, 6) is 0. The Labute approximate surface area is 288 Å². The quantitative estimate of drug-likeness (QED) is 0.127. The van der Waals surface area contributed by atoms with Gasteiger partial charge in [-0.05, 0) is 58.6 Å². The first kappa shape index (κ1) is 34.0. The van der Waals surface area contributed by atoms with Gasteiger partial charge in [-0.1, -0.05) is 103 Å². The maximum atomic E-state index is 12.4. The Kier molecular flexibility index (Phi) is 11.8. The normalized spacial score (nSPS) is 17.5. The smallest absolute Gasteiger partial charge is 0.315 e. The second-order valence-corrected chi connectivity index (χ2v) is 12.5. The van der Waals surface area contributed by atoms with E-state index in [1.54, 1.807) is 0 Å². The van der Waals surface area contributed by atoms with Crippen LogP contribution in [0.25, 0.3) is 11.1 Å². The lowest BCUT2D eigenvalue weighted by molar-refractivity contribution is -0.252.